The standard InChI is InChI=1S/C29H38FN3O2/c1-21(34)25-6-4-7-27(20-25)31-29(35)32-28-8-3-2-5-24(28)15-18-33-16-13-23(14-17-33)19-22-9-11-26(30)12-10-22/h4,6-7,9-12,20,23-24,28H,2-3,5,8,13-19H2,1H3,(H2,31,32,35)/t24-,28+/m0/s1. The number of urea groups is 1. The number of amides is 2. The van der Waals surface area contributed by atoms with Gasteiger partial charge in [0.1, 0.15) is 5.82 Å². The molecule has 2 aromatic rings. The van der Waals surface area contributed by atoms with Gasteiger partial charge in [-0.25, -0.2) is 9.18 Å². The summed E-state index contributed by atoms with van der Waals surface area (Å²) in [5.41, 5.74) is 2.47. The van der Waals surface area contributed by atoms with Crippen molar-refractivity contribution < 1.29 is 14.0 Å². The summed E-state index contributed by atoms with van der Waals surface area (Å²) in [4.78, 5) is 26.9. The van der Waals surface area contributed by atoms with E-state index in [1.807, 2.05) is 18.2 Å². The van der Waals surface area contributed by atoms with Crippen LogP contribution in [0.3, 0.4) is 0 Å². The Labute approximate surface area is 208 Å². The highest BCUT2D eigenvalue weighted by atomic mass is 19.1. The van der Waals surface area contributed by atoms with Crippen LogP contribution in [0.1, 0.15) is 67.8 Å². The molecule has 0 unspecified atom stereocenters. The number of rotatable bonds is 8. The van der Waals surface area contributed by atoms with Gasteiger partial charge in [0.05, 0.1) is 0 Å². The molecule has 1 saturated carbocycles. The predicted molar refractivity (Wildman–Crippen MR) is 138 cm³/mol. The number of hydrogen-bond donors (Lipinski definition) is 2. The summed E-state index contributed by atoms with van der Waals surface area (Å²) in [5, 5.41) is 6.12. The van der Waals surface area contributed by atoms with Crippen LogP contribution in [0.15, 0.2) is 48.5 Å². The van der Waals surface area contributed by atoms with Gasteiger partial charge in [-0.1, -0.05) is 37.1 Å². The number of anilines is 1. The smallest absolute Gasteiger partial charge is 0.319 e. The molecule has 35 heavy (non-hydrogen) atoms. The fourth-order valence-electron chi connectivity index (χ4n) is 5.61. The van der Waals surface area contributed by atoms with Crippen LogP contribution in [0.25, 0.3) is 0 Å². The van der Waals surface area contributed by atoms with Gasteiger partial charge >= 0.3 is 6.03 Å². The van der Waals surface area contributed by atoms with E-state index in [0.717, 1.165) is 51.7 Å². The number of carbonyl (C=O) groups is 2. The molecular weight excluding hydrogens is 441 g/mol. The second-order valence-corrected chi connectivity index (χ2v) is 10.3. The molecule has 2 atom stereocenters. The molecule has 0 radical (unpaired) electrons. The van der Waals surface area contributed by atoms with E-state index in [4.69, 9.17) is 0 Å². The number of nitrogens with one attached hydrogen (secondary N) is 2. The van der Waals surface area contributed by atoms with Crippen molar-refractivity contribution in [2.75, 3.05) is 25.0 Å². The SMILES string of the molecule is CC(=O)c1cccc(NC(=O)N[C@@H]2CCCC[C@H]2CCN2CCC(Cc3ccc(F)cc3)CC2)c1. The highest BCUT2D eigenvalue weighted by molar-refractivity contribution is 5.96. The van der Waals surface area contributed by atoms with Crippen LogP contribution in [0.2, 0.25) is 0 Å². The van der Waals surface area contributed by atoms with Gasteiger partial charge in [0.15, 0.2) is 5.78 Å². The van der Waals surface area contributed by atoms with E-state index in [-0.39, 0.29) is 23.7 Å². The molecule has 1 aliphatic heterocycles. The lowest BCUT2D eigenvalue weighted by molar-refractivity contribution is 0.101. The monoisotopic (exact) mass is 479 g/mol. The van der Waals surface area contributed by atoms with Crippen molar-refractivity contribution in [1.29, 1.82) is 0 Å². The molecule has 0 bridgehead atoms. The minimum Gasteiger partial charge on any atom is -0.335 e. The summed E-state index contributed by atoms with van der Waals surface area (Å²) < 4.78 is 13.1. The van der Waals surface area contributed by atoms with Gasteiger partial charge in [-0.15, -0.1) is 0 Å². The largest absolute Gasteiger partial charge is 0.335 e. The average Bonchev–Trinajstić information content (AvgIpc) is 2.86. The first kappa shape index (κ1) is 25.4. The minimum absolute atomic E-state index is 0.0131. The predicted octanol–water partition coefficient (Wildman–Crippen LogP) is 6.05. The van der Waals surface area contributed by atoms with Crippen molar-refractivity contribution >= 4 is 17.5 Å². The van der Waals surface area contributed by atoms with Crippen LogP contribution in [-0.4, -0.2) is 42.4 Å². The Kier molecular flexibility index (Phi) is 8.91. The fraction of sp³-hybridized carbons (Fsp3) is 0.517. The van der Waals surface area contributed by atoms with Crippen molar-refractivity contribution in [3.63, 3.8) is 0 Å². The van der Waals surface area contributed by atoms with Gasteiger partial charge in [-0.05, 0) is 107 Å². The van der Waals surface area contributed by atoms with Crippen molar-refractivity contribution in [2.24, 2.45) is 11.8 Å². The number of Topliss-reactive ketones (excluding diaryl/α,β-unsaturated/α-hetero) is 1. The van der Waals surface area contributed by atoms with Crippen LogP contribution in [0.4, 0.5) is 14.9 Å². The third-order valence-electron chi connectivity index (χ3n) is 7.71. The second kappa shape index (κ2) is 12.3. The molecule has 1 saturated heterocycles. The van der Waals surface area contributed by atoms with Crippen molar-refractivity contribution in [3.8, 4) is 0 Å². The van der Waals surface area contributed by atoms with Gasteiger partial charge in [0.2, 0.25) is 0 Å². The maximum atomic E-state index is 13.1. The number of likely N-dealkylation sites (tertiary alicyclic amines) is 1. The molecule has 6 heteroatoms. The summed E-state index contributed by atoms with van der Waals surface area (Å²) in [6.07, 6.45) is 9.06. The number of benzene rings is 2. The summed E-state index contributed by atoms with van der Waals surface area (Å²) in [6.45, 7) is 4.83. The molecule has 2 aliphatic rings. The highest BCUT2D eigenvalue weighted by Crippen LogP contribution is 2.29. The van der Waals surface area contributed by atoms with Crippen LogP contribution >= 0.6 is 0 Å². The third-order valence-corrected chi connectivity index (χ3v) is 7.71. The summed E-state index contributed by atoms with van der Waals surface area (Å²) in [7, 11) is 0. The van der Waals surface area contributed by atoms with Gasteiger partial charge in [-0.3, -0.25) is 4.79 Å². The van der Waals surface area contributed by atoms with Crippen LogP contribution in [0, 0.1) is 17.7 Å². The molecule has 188 valence electrons. The molecule has 2 fully saturated rings. The van der Waals surface area contributed by atoms with Gasteiger partial charge in [0, 0.05) is 17.3 Å². The van der Waals surface area contributed by atoms with Gasteiger partial charge in [-0.2, -0.15) is 0 Å². The Morgan fingerprint density at radius 3 is 2.49 bits per heavy atom. The van der Waals surface area contributed by atoms with E-state index in [9.17, 15) is 14.0 Å². The summed E-state index contributed by atoms with van der Waals surface area (Å²) in [5.74, 6) is 0.987. The number of ketones is 1. The molecule has 2 aromatic carbocycles. The Hall–Kier alpha value is -2.73. The van der Waals surface area contributed by atoms with E-state index >= 15 is 0 Å². The minimum atomic E-state index is -0.191. The highest BCUT2D eigenvalue weighted by Gasteiger charge is 2.28. The molecule has 1 heterocycles. The average molecular weight is 480 g/mol. The van der Waals surface area contributed by atoms with Crippen LogP contribution in [0.5, 0.6) is 0 Å². The quantitative estimate of drug-likeness (QED) is 0.453. The zero-order valence-corrected chi connectivity index (χ0v) is 20.8. The molecule has 0 spiro atoms. The molecule has 4 rings (SSSR count). The molecule has 0 aromatic heterocycles. The maximum absolute atomic E-state index is 13.1. The van der Waals surface area contributed by atoms with Crippen LogP contribution < -0.4 is 10.6 Å². The Bertz CT molecular complexity index is 986. The number of halogens is 1. The molecule has 5 nitrogen and oxygen atoms in total. The number of carbonyl (C=O) groups excluding carboxylic acids is 2. The maximum Gasteiger partial charge on any atom is 0.319 e. The molecule has 1 aliphatic carbocycles. The van der Waals surface area contributed by atoms with Crippen molar-refractivity contribution in [2.45, 2.75) is 64.3 Å². The van der Waals surface area contributed by atoms with E-state index < -0.39 is 0 Å². The van der Waals surface area contributed by atoms with E-state index in [1.165, 1.54) is 31.7 Å². The molecule has 2 N–H and O–H groups in total. The Morgan fingerprint density at radius 1 is 1.00 bits per heavy atom. The zero-order chi connectivity index (χ0) is 24.6. The number of hydrogen-bond acceptors (Lipinski definition) is 3. The van der Waals surface area contributed by atoms with Gasteiger partial charge < -0.3 is 15.5 Å². The first-order valence-electron chi connectivity index (χ1n) is 13.1. The second-order valence-electron chi connectivity index (χ2n) is 10.3. The normalized spacial score (nSPS) is 21.4. The summed E-state index contributed by atoms with van der Waals surface area (Å²) in [6, 6.07) is 14.0. The lowest BCUT2D eigenvalue weighted by Gasteiger charge is -2.36. The van der Waals surface area contributed by atoms with E-state index in [0.29, 0.717) is 23.1 Å². The van der Waals surface area contributed by atoms with Gasteiger partial charge in [0.25, 0.3) is 0 Å². The van der Waals surface area contributed by atoms with Crippen molar-refractivity contribution in [3.05, 3.63) is 65.5 Å². The topological polar surface area (TPSA) is 61.4 Å². The molecule has 2 amide bonds. The lowest BCUT2D eigenvalue weighted by atomic mass is 9.82. The Balaban J connectivity index is 1.21. The van der Waals surface area contributed by atoms with E-state index in [2.05, 4.69) is 15.5 Å². The number of piperidine rings is 1. The first-order chi connectivity index (χ1) is 17.0. The first-order valence-corrected chi connectivity index (χ1v) is 13.1. The van der Waals surface area contributed by atoms with Crippen molar-refractivity contribution in [1.82, 2.24) is 10.2 Å². The van der Waals surface area contributed by atoms with E-state index in [1.54, 1.807) is 30.3 Å². The molecular formula is C29H38FN3O2. The number of nitrogens with zero attached hydrogens (tertiary/aromatic N) is 1. The third kappa shape index (κ3) is 7.63. The zero-order valence-electron chi connectivity index (χ0n) is 20.8. The Morgan fingerprint density at radius 2 is 1.74 bits per heavy atom. The summed E-state index contributed by atoms with van der Waals surface area (Å²) >= 11 is 0. The lowest BCUT2D eigenvalue weighted by Crippen LogP contribution is -2.45. The van der Waals surface area contributed by atoms with Crippen LogP contribution in [-0.2, 0) is 6.42 Å². The fourth-order valence-corrected chi connectivity index (χ4v) is 5.61.